The van der Waals surface area contributed by atoms with Crippen LogP contribution in [0.5, 0.6) is 5.88 Å². The fourth-order valence-electron chi connectivity index (χ4n) is 1.36. The summed E-state index contributed by atoms with van der Waals surface area (Å²) in [5, 5.41) is 3.15. The third-order valence-corrected chi connectivity index (χ3v) is 2.11. The summed E-state index contributed by atoms with van der Waals surface area (Å²) >= 11 is 0. The minimum Gasteiger partial charge on any atom is -0.477 e. The highest BCUT2D eigenvalue weighted by Crippen LogP contribution is 2.08. The fourth-order valence-corrected chi connectivity index (χ4v) is 1.36. The summed E-state index contributed by atoms with van der Waals surface area (Å²) in [6.07, 6.45) is 5.36. The summed E-state index contributed by atoms with van der Waals surface area (Å²) in [6.45, 7) is 5.33. The van der Waals surface area contributed by atoms with Gasteiger partial charge in [0.15, 0.2) is 0 Å². The van der Waals surface area contributed by atoms with Crippen molar-refractivity contribution in [3.63, 3.8) is 0 Å². The number of anilines is 1. The number of nitrogens with two attached hydrogens (primary N) is 1. The number of rotatable bonds is 7. The van der Waals surface area contributed by atoms with E-state index in [0.29, 0.717) is 24.8 Å². The average molecular weight is 224 g/mol. The van der Waals surface area contributed by atoms with Gasteiger partial charge in [0.2, 0.25) is 5.88 Å². The van der Waals surface area contributed by atoms with Crippen molar-refractivity contribution in [3.8, 4) is 5.88 Å². The summed E-state index contributed by atoms with van der Waals surface area (Å²) in [5.74, 6) is 1.24. The second-order valence-corrected chi connectivity index (χ2v) is 3.61. The largest absolute Gasteiger partial charge is 0.477 e. The third-order valence-electron chi connectivity index (χ3n) is 2.11. The average Bonchev–Trinajstić information content (AvgIpc) is 2.28. The van der Waals surface area contributed by atoms with E-state index in [1.807, 2.05) is 6.92 Å². The summed E-state index contributed by atoms with van der Waals surface area (Å²) in [5.41, 5.74) is 5.89. The second kappa shape index (κ2) is 7.00. The molecule has 1 unspecified atom stereocenters. The standard InChI is InChI=1S/C11H20N4O/c1-3-5-9(12)6-14-10-7-13-8-11(15-10)16-4-2/h7-9H,3-6,12H2,1-2H3,(H,14,15). The van der Waals surface area contributed by atoms with Crippen LogP contribution >= 0.6 is 0 Å². The highest BCUT2D eigenvalue weighted by molar-refractivity contribution is 5.33. The van der Waals surface area contributed by atoms with Gasteiger partial charge < -0.3 is 15.8 Å². The smallest absolute Gasteiger partial charge is 0.234 e. The van der Waals surface area contributed by atoms with Crippen molar-refractivity contribution in [3.05, 3.63) is 12.4 Å². The Morgan fingerprint density at radius 1 is 1.44 bits per heavy atom. The van der Waals surface area contributed by atoms with Gasteiger partial charge in [-0.2, -0.15) is 4.98 Å². The van der Waals surface area contributed by atoms with Crippen LogP contribution in [-0.4, -0.2) is 29.2 Å². The summed E-state index contributed by atoms with van der Waals surface area (Å²) in [4.78, 5) is 8.28. The van der Waals surface area contributed by atoms with Crippen LogP contribution in [0.1, 0.15) is 26.7 Å². The van der Waals surface area contributed by atoms with Gasteiger partial charge in [0.25, 0.3) is 0 Å². The van der Waals surface area contributed by atoms with Gasteiger partial charge in [-0.05, 0) is 13.3 Å². The zero-order chi connectivity index (χ0) is 11.8. The van der Waals surface area contributed by atoms with Crippen LogP contribution in [0.2, 0.25) is 0 Å². The molecular weight excluding hydrogens is 204 g/mol. The summed E-state index contributed by atoms with van der Waals surface area (Å²) in [7, 11) is 0. The van der Waals surface area contributed by atoms with Crippen molar-refractivity contribution >= 4 is 5.82 Å². The Kier molecular flexibility index (Phi) is 5.56. The molecule has 1 aromatic heterocycles. The van der Waals surface area contributed by atoms with E-state index in [1.54, 1.807) is 12.4 Å². The molecule has 0 fully saturated rings. The monoisotopic (exact) mass is 224 g/mol. The molecule has 1 heterocycles. The fraction of sp³-hybridized carbons (Fsp3) is 0.636. The zero-order valence-corrected chi connectivity index (χ0v) is 9.94. The molecule has 0 radical (unpaired) electrons. The number of aromatic nitrogens is 2. The highest BCUT2D eigenvalue weighted by Gasteiger charge is 2.02. The lowest BCUT2D eigenvalue weighted by atomic mass is 10.2. The highest BCUT2D eigenvalue weighted by atomic mass is 16.5. The number of hydrogen-bond donors (Lipinski definition) is 2. The lowest BCUT2D eigenvalue weighted by Crippen LogP contribution is -2.29. The maximum absolute atomic E-state index is 5.89. The Labute approximate surface area is 96.4 Å². The van der Waals surface area contributed by atoms with Gasteiger partial charge in [-0.3, -0.25) is 4.98 Å². The van der Waals surface area contributed by atoms with Gasteiger partial charge in [0.05, 0.1) is 19.0 Å². The number of nitrogens with zero attached hydrogens (tertiary/aromatic N) is 2. The van der Waals surface area contributed by atoms with Crippen LogP contribution in [-0.2, 0) is 0 Å². The molecule has 1 rings (SSSR count). The number of ether oxygens (including phenoxy) is 1. The molecule has 0 bridgehead atoms. The number of nitrogens with one attached hydrogen (secondary N) is 1. The molecule has 3 N–H and O–H groups in total. The number of hydrogen-bond acceptors (Lipinski definition) is 5. The van der Waals surface area contributed by atoms with Crippen LogP contribution in [0.15, 0.2) is 12.4 Å². The topological polar surface area (TPSA) is 73.1 Å². The van der Waals surface area contributed by atoms with Gasteiger partial charge >= 0.3 is 0 Å². The Bertz CT molecular complexity index is 306. The maximum Gasteiger partial charge on any atom is 0.234 e. The zero-order valence-electron chi connectivity index (χ0n) is 9.94. The van der Waals surface area contributed by atoms with Crippen LogP contribution in [0, 0.1) is 0 Å². The van der Waals surface area contributed by atoms with Crippen molar-refractivity contribution in [1.29, 1.82) is 0 Å². The lowest BCUT2D eigenvalue weighted by Gasteiger charge is -2.12. The van der Waals surface area contributed by atoms with Crippen LogP contribution in [0.25, 0.3) is 0 Å². The van der Waals surface area contributed by atoms with E-state index in [2.05, 4.69) is 22.2 Å². The van der Waals surface area contributed by atoms with Crippen LogP contribution in [0.4, 0.5) is 5.82 Å². The molecule has 1 aromatic rings. The van der Waals surface area contributed by atoms with E-state index < -0.39 is 0 Å². The Morgan fingerprint density at radius 3 is 2.94 bits per heavy atom. The second-order valence-electron chi connectivity index (χ2n) is 3.61. The maximum atomic E-state index is 5.89. The van der Waals surface area contributed by atoms with E-state index in [9.17, 15) is 0 Å². The van der Waals surface area contributed by atoms with Gasteiger partial charge in [-0.25, -0.2) is 0 Å². The molecule has 0 aliphatic rings. The minimum absolute atomic E-state index is 0.155. The van der Waals surface area contributed by atoms with Crippen molar-refractivity contribution in [1.82, 2.24) is 9.97 Å². The molecule has 0 aromatic carbocycles. The minimum atomic E-state index is 0.155. The molecule has 0 aliphatic heterocycles. The Balaban J connectivity index is 2.44. The predicted octanol–water partition coefficient (Wildman–Crippen LogP) is 1.41. The first kappa shape index (κ1) is 12.7. The SMILES string of the molecule is CCCC(N)CNc1cncc(OCC)n1. The van der Waals surface area contributed by atoms with Crippen molar-refractivity contribution in [2.24, 2.45) is 5.73 Å². The van der Waals surface area contributed by atoms with Gasteiger partial charge in [0.1, 0.15) is 5.82 Å². The van der Waals surface area contributed by atoms with Gasteiger partial charge in [0, 0.05) is 12.6 Å². The molecule has 0 saturated heterocycles. The first-order valence-electron chi connectivity index (χ1n) is 5.70. The molecule has 0 spiro atoms. The Morgan fingerprint density at radius 2 is 2.25 bits per heavy atom. The van der Waals surface area contributed by atoms with Crippen LogP contribution in [0.3, 0.4) is 0 Å². The van der Waals surface area contributed by atoms with Crippen molar-refractivity contribution in [2.75, 3.05) is 18.5 Å². The first-order chi connectivity index (χ1) is 7.76. The molecule has 16 heavy (non-hydrogen) atoms. The summed E-state index contributed by atoms with van der Waals surface area (Å²) < 4.78 is 5.26. The quantitative estimate of drug-likeness (QED) is 0.732. The molecule has 5 heteroatoms. The van der Waals surface area contributed by atoms with E-state index in [4.69, 9.17) is 10.5 Å². The summed E-state index contributed by atoms with van der Waals surface area (Å²) in [6, 6.07) is 0.155. The normalized spacial score (nSPS) is 12.2. The van der Waals surface area contributed by atoms with Crippen molar-refractivity contribution < 1.29 is 4.74 Å². The lowest BCUT2D eigenvalue weighted by molar-refractivity contribution is 0.325. The third kappa shape index (κ3) is 4.44. The molecule has 0 amide bonds. The molecule has 5 nitrogen and oxygen atoms in total. The molecule has 1 atom stereocenters. The van der Waals surface area contributed by atoms with E-state index >= 15 is 0 Å². The predicted molar refractivity (Wildman–Crippen MR) is 64.6 cm³/mol. The molecule has 90 valence electrons. The van der Waals surface area contributed by atoms with Crippen molar-refractivity contribution in [2.45, 2.75) is 32.7 Å². The van der Waals surface area contributed by atoms with E-state index in [0.717, 1.165) is 12.8 Å². The molecular formula is C11H20N4O. The van der Waals surface area contributed by atoms with Crippen LogP contribution < -0.4 is 15.8 Å². The first-order valence-corrected chi connectivity index (χ1v) is 5.70. The van der Waals surface area contributed by atoms with Gasteiger partial charge in [-0.15, -0.1) is 0 Å². The molecule has 0 aliphatic carbocycles. The molecule has 0 saturated carbocycles. The van der Waals surface area contributed by atoms with E-state index in [-0.39, 0.29) is 6.04 Å². The van der Waals surface area contributed by atoms with E-state index in [1.165, 1.54) is 0 Å². The van der Waals surface area contributed by atoms with Gasteiger partial charge in [-0.1, -0.05) is 13.3 Å². The Hall–Kier alpha value is -1.36.